The van der Waals surface area contributed by atoms with Gasteiger partial charge in [-0.2, -0.15) is 0 Å². The van der Waals surface area contributed by atoms with Gasteiger partial charge in [-0.1, -0.05) is 0 Å². The van der Waals surface area contributed by atoms with Crippen LogP contribution < -0.4 is 5.73 Å². The molecular weight excluding hydrogens is 170 g/mol. The van der Waals surface area contributed by atoms with Gasteiger partial charge in [0, 0.05) is 14.2 Å². The lowest BCUT2D eigenvalue weighted by Gasteiger charge is -2.30. The Bertz CT molecular complexity index is 241. The minimum absolute atomic E-state index is 0.499. The van der Waals surface area contributed by atoms with Crippen molar-refractivity contribution in [3.05, 3.63) is 23.6 Å². The first-order valence-corrected chi connectivity index (χ1v) is 3.99. The lowest BCUT2D eigenvalue weighted by Crippen LogP contribution is -2.34. The van der Waals surface area contributed by atoms with E-state index in [0.29, 0.717) is 17.9 Å². The van der Waals surface area contributed by atoms with Crippen molar-refractivity contribution < 1.29 is 14.2 Å². The van der Waals surface area contributed by atoms with Gasteiger partial charge in [-0.15, -0.1) is 0 Å². The van der Waals surface area contributed by atoms with E-state index in [-0.39, 0.29) is 0 Å². The average Bonchev–Trinajstić information content (AvgIpc) is 2.19. The van der Waals surface area contributed by atoms with Gasteiger partial charge in [0.05, 0.1) is 19.2 Å². The zero-order chi connectivity index (χ0) is 9.90. The first kappa shape index (κ1) is 10.1. The van der Waals surface area contributed by atoms with Crippen LogP contribution in [0.3, 0.4) is 0 Å². The Morgan fingerprint density at radius 3 is 2.38 bits per heavy atom. The molecule has 0 aromatic rings. The summed E-state index contributed by atoms with van der Waals surface area (Å²) in [5, 5.41) is 0. The normalized spacial score (nSPS) is 20.5. The van der Waals surface area contributed by atoms with E-state index in [4.69, 9.17) is 19.9 Å². The molecule has 2 N–H and O–H groups in total. The summed E-state index contributed by atoms with van der Waals surface area (Å²) in [6, 6.07) is 0. The van der Waals surface area contributed by atoms with E-state index < -0.39 is 5.79 Å². The quantitative estimate of drug-likeness (QED) is 0.659. The molecule has 1 aliphatic rings. The summed E-state index contributed by atoms with van der Waals surface area (Å²) in [6.45, 7) is 0. The third kappa shape index (κ3) is 1.84. The second-order valence-electron chi connectivity index (χ2n) is 2.81. The van der Waals surface area contributed by atoms with Crippen LogP contribution in [0.25, 0.3) is 0 Å². The van der Waals surface area contributed by atoms with E-state index in [2.05, 4.69) is 0 Å². The Kier molecular flexibility index (Phi) is 2.95. The van der Waals surface area contributed by atoms with Crippen LogP contribution in [-0.4, -0.2) is 27.1 Å². The second kappa shape index (κ2) is 3.81. The van der Waals surface area contributed by atoms with Crippen molar-refractivity contribution in [1.82, 2.24) is 0 Å². The minimum atomic E-state index is -0.728. The van der Waals surface area contributed by atoms with Gasteiger partial charge in [0.15, 0.2) is 5.79 Å². The zero-order valence-electron chi connectivity index (χ0n) is 8.16. The molecule has 1 rings (SSSR count). The van der Waals surface area contributed by atoms with E-state index in [1.54, 1.807) is 33.5 Å². The maximum Gasteiger partial charge on any atom is 0.194 e. The smallest absolute Gasteiger partial charge is 0.194 e. The molecule has 0 fully saturated rings. The Hall–Kier alpha value is -1.00. The highest BCUT2D eigenvalue weighted by molar-refractivity contribution is 5.27. The highest BCUT2D eigenvalue weighted by Crippen LogP contribution is 2.28. The van der Waals surface area contributed by atoms with Crippen molar-refractivity contribution in [2.75, 3.05) is 21.3 Å². The molecule has 0 bridgehead atoms. The number of hydrogen-bond acceptors (Lipinski definition) is 4. The molecule has 0 saturated heterocycles. The maximum absolute atomic E-state index is 5.68. The van der Waals surface area contributed by atoms with Crippen molar-refractivity contribution in [2.45, 2.75) is 12.2 Å². The first-order chi connectivity index (χ1) is 6.17. The number of rotatable bonds is 3. The fourth-order valence-electron chi connectivity index (χ4n) is 1.25. The van der Waals surface area contributed by atoms with Crippen LogP contribution in [0.2, 0.25) is 0 Å². The van der Waals surface area contributed by atoms with Crippen LogP contribution in [0.1, 0.15) is 6.42 Å². The van der Waals surface area contributed by atoms with Crippen LogP contribution in [0.5, 0.6) is 0 Å². The third-order valence-corrected chi connectivity index (χ3v) is 2.18. The second-order valence-corrected chi connectivity index (χ2v) is 2.81. The molecule has 4 heteroatoms. The summed E-state index contributed by atoms with van der Waals surface area (Å²) >= 11 is 0. The van der Waals surface area contributed by atoms with Crippen molar-refractivity contribution in [3.63, 3.8) is 0 Å². The largest absolute Gasteiger partial charge is 0.499 e. The maximum atomic E-state index is 5.68. The highest BCUT2D eigenvalue weighted by Gasteiger charge is 2.31. The number of hydrogen-bond donors (Lipinski definition) is 1. The van der Waals surface area contributed by atoms with Gasteiger partial charge in [-0.05, 0) is 12.2 Å². The van der Waals surface area contributed by atoms with Crippen LogP contribution in [-0.2, 0) is 14.2 Å². The van der Waals surface area contributed by atoms with E-state index in [0.717, 1.165) is 0 Å². The zero-order valence-corrected chi connectivity index (χ0v) is 8.16. The van der Waals surface area contributed by atoms with Gasteiger partial charge in [-0.3, -0.25) is 0 Å². The van der Waals surface area contributed by atoms with Gasteiger partial charge >= 0.3 is 0 Å². The standard InChI is InChI=1S/C9H15NO3/c1-11-8-6-9(12-2,13-3)5-4-7(8)10/h4-5H,6,10H2,1-3H3. The summed E-state index contributed by atoms with van der Waals surface area (Å²) in [6.07, 6.45) is 4.01. The van der Waals surface area contributed by atoms with Gasteiger partial charge in [0.25, 0.3) is 0 Å². The predicted molar refractivity (Wildman–Crippen MR) is 48.7 cm³/mol. The SMILES string of the molecule is COC1=C(N)C=CC(OC)(OC)C1. The molecular formula is C9H15NO3. The lowest BCUT2D eigenvalue weighted by molar-refractivity contribution is -0.174. The molecule has 0 amide bonds. The summed E-state index contributed by atoms with van der Waals surface area (Å²) < 4.78 is 15.6. The van der Waals surface area contributed by atoms with Crippen molar-refractivity contribution in [3.8, 4) is 0 Å². The van der Waals surface area contributed by atoms with Crippen molar-refractivity contribution >= 4 is 0 Å². The Morgan fingerprint density at radius 2 is 1.92 bits per heavy atom. The molecule has 0 spiro atoms. The van der Waals surface area contributed by atoms with Gasteiger partial charge in [-0.25, -0.2) is 0 Å². The molecule has 13 heavy (non-hydrogen) atoms. The molecule has 0 aromatic carbocycles. The topological polar surface area (TPSA) is 53.7 Å². The Labute approximate surface area is 78.0 Å². The molecule has 0 saturated carbocycles. The monoisotopic (exact) mass is 185 g/mol. The molecule has 4 nitrogen and oxygen atoms in total. The first-order valence-electron chi connectivity index (χ1n) is 3.99. The van der Waals surface area contributed by atoms with Crippen LogP contribution >= 0.6 is 0 Å². The minimum Gasteiger partial charge on any atom is -0.499 e. The average molecular weight is 185 g/mol. The highest BCUT2D eigenvalue weighted by atomic mass is 16.7. The number of allylic oxidation sites excluding steroid dienone is 1. The Morgan fingerprint density at radius 1 is 1.31 bits per heavy atom. The molecule has 0 heterocycles. The van der Waals surface area contributed by atoms with Gasteiger partial charge in [0.1, 0.15) is 5.76 Å². The summed E-state index contributed by atoms with van der Waals surface area (Å²) in [5.74, 6) is -0.0417. The molecule has 74 valence electrons. The van der Waals surface area contributed by atoms with E-state index in [1.807, 2.05) is 0 Å². The molecule has 0 aromatic heterocycles. The summed E-state index contributed by atoms with van der Waals surface area (Å²) in [7, 11) is 4.75. The Balaban J connectivity index is 2.86. The predicted octanol–water partition coefficient (Wildman–Crippen LogP) is 0.752. The third-order valence-electron chi connectivity index (χ3n) is 2.18. The van der Waals surface area contributed by atoms with E-state index in [9.17, 15) is 0 Å². The van der Waals surface area contributed by atoms with Gasteiger partial charge < -0.3 is 19.9 Å². The number of methoxy groups -OCH3 is 3. The van der Waals surface area contributed by atoms with Crippen molar-refractivity contribution in [1.29, 1.82) is 0 Å². The summed E-state index contributed by atoms with van der Waals surface area (Å²) in [5.41, 5.74) is 6.29. The van der Waals surface area contributed by atoms with Crippen molar-refractivity contribution in [2.24, 2.45) is 5.73 Å². The lowest BCUT2D eigenvalue weighted by atomic mass is 10.0. The van der Waals surface area contributed by atoms with Crippen LogP contribution in [0.4, 0.5) is 0 Å². The number of ether oxygens (including phenoxy) is 3. The number of nitrogens with two attached hydrogens (primary N) is 1. The van der Waals surface area contributed by atoms with E-state index >= 15 is 0 Å². The van der Waals surface area contributed by atoms with Gasteiger partial charge in [0.2, 0.25) is 0 Å². The molecule has 1 aliphatic carbocycles. The fourth-order valence-corrected chi connectivity index (χ4v) is 1.25. The fraction of sp³-hybridized carbons (Fsp3) is 0.556. The molecule has 0 radical (unpaired) electrons. The van der Waals surface area contributed by atoms with E-state index in [1.165, 1.54) is 0 Å². The van der Waals surface area contributed by atoms with Crippen LogP contribution in [0, 0.1) is 0 Å². The molecule has 0 aliphatic heterocycles. The van der Waals surface area contributed by atoms with Crippen LogP contribution in [0.15, 0.2) is 23.6 Å². The molecule has 0 unspecified atom stereocenters. The summed E-state index contributed by atoms with van der Waals surface area (Å²) in [4.78, 5) is 0. The molecule has 0 atom stereocenters.